The summed E-state index contributed by atoms with van der Waals surface area (Å²) in [5.74, 6) is 5.60. The highest BCUT2D eigenvalue weighted by Gasteiger charge is 2.32. The van der Waals surface area contributed by atoms with E-state index < -0.39 is 11.7 Å². The zero-order valence-electron chi connectivity index (χ0n) is 12.3. The standard InChI is InChI=1S/C14H21F3N4/c1-13(2)4-3-6-21(7-5-13)12-9-10(14(15,16)17)8-11(19-12)20-18/h8-9H,3-7,18H2,1-2H3,(H,19,20). The summed E-state index contributed by atoms with van der Waals surface area (Å²) in [5, 5.41) is 0. The molecule has 1 aliphatic rings. The summed E-state index contributed by atoms with van der Waals surface area (Å²) < 4.78 is 38.8. The number of pyridine rings is 1. The molecule has 0 saturated carbocycles. The van der Waals surface area contributed by atoms with E-state index in [0.29, 0.717) is 18.9 Å². The zero-order valence-corrected chi connectivity index (χ0v) is 12.3. The molecule has 0 bridgehead atoms. The van der Waals surface area contributed by atoms with Crippen molar-refractivity contribution in [2.24, 2.45) is 11.3 Å². The highest BCUT2D eigenvalue weighted by Crippen LogP contribution is 2.35. The SMILES string of the molecule is CC1(C)CCCN(c2cc(C(F)(F)F)cc(NN)n2)CC1. The number of anilines is 2. The molecule has 118 valence electrons. The molecular weight excluding hydrogens is 281 g/mol. The van der Waals surface area contributed by atoms with E-state index in [1.165, 1.54) is 0 Å². The van der Waals surface area contributed by atoms with Gasteiger partial charge in [0.2, 0.25) is 0 Å². The predicted octanol–water partition coefficient (Wildman–Crippen LogP) is 3.40. The van der Waals surface area contributed by atoms with Crippen molar-refractivity contribution in [1.82, 2.24) is 4.98 Å². The van der Waals surface area contributed by atoms with Crippen LogP contribution < -0.4 is 16.2 Å². The van der Waals surface area contributed by atoms with Gasteiger partial charge >= 0.3 is 6.18 Å². The van der Waals surface area contributed by atoms with E-state index >= 15 is 0 Å². The van der Waals surface area contributed by atoms with E-state index in [0.717, 1.165) is 31.4 Å². The topological polar surface area (TPSA) is 54.2 Å². The maximum Gasteiger partial charge on any atom is 0.416 e. The molecular formula is C14H21F3N4. The van der Waals surface area contributed by atoms with Crippen LogP contribution in [0.4, 0.5) is 24.8 Å². The Kier molecular flexibility index (Phi) is 4.32. The number of halogens is 3. The lowest BCUT2D eigenvalue weighted by Crippen LogP contribution is -2.27. The third kappa shape index (κ3) is 4.00. The lowest BCUT2D eigenvalue weighted by atomic mass is 9.85. The summed E-state index contributed by atoms with van der Waals surface area (Å²) in [5.41, 5.74) is 1.69. The molecule has 1 fully saturated rings. The molecule has 2 heterocycles. The lowest BCUT2D eigenvalue weighted by Gasteiger charge is -2.25. The summed E-state index contributed by atoms with van der Waals surface area (Å²) in [6, 6.07) is 2.02. The number of hydrogen-bond donors (Lipinski definition) is 2. The number of nitrogen functional groups attached to an aromatic ring is 1. The van der Waals surface area contributed by atoms with Gasteiger partial charge in [-0.1, -0.05) is 13.8 Å². The number of nitrogens with one attached hydrogen (secondary N) is 1. The lowest BCUT2D eigenvalue weighted by molar-refractivity contribution is -0.137. The third-order valence-electron chi connectivity index (χ3n) is 3.95. The van der Waals surface area contributed by atoms with Crippen molar-refractivity contribution < 1.29 is 13.2 Å². The number of hydrazine groups is 1. The summed E-state index contributed by atoms with van der Waals surface area (Å²) in [7, 11) is 0. The Morgan fingerprint density at radius 2 is 1.95 bits per heavy atom. The van der Waals surface area contributed by atoms with Crippen LogP contribution in [-0.2, 0) is 6.18 Å². The van der Waals surface area contributed by atoms with Gasteiger partial charge in [-0.3, -0.25) is 0 Å². The molecule has 0 unspecified atom stereocenters. The number of aromatic nitrogens is 1. The monoisotopic (exact) mass is 302 g/mol. The first-order valence-electron chi connectivity index (χ1n) is 7.02. The first kappa shape index (κ1) is 15.9. The van der Waals surface area contributed by atoms with Gasteiger partial charge in [-0.2, -0.15) is 13.2 Å². The molecule has 21 heavy (non-hydrogen) atoms. The average molecular weight is 302 g/mol. The Morgan fingerprint density at radius 1 is 1.24 bits per heavy atom. The van der Waals surface area contributed by atoms with Gasteiger partial charge in [0, 0.05) is 13.1 Å². The molecule has 0 aliphatic carbocycles. The van der Waals surface area contributed by atoms with Crippen LogP contribution in [0.1, 0.15) is 38.7 Å². The van der Waals surface area contributed by atoms with Gasteiger partial charge in [0.1, 0.15) is 11.6 Å². The van der Waals surface area contributed by atoms with Crippen LogP contribution in [0, 0.1) is 5.41 Å². The molecule has 7 heteroatoms. The zero-order chi connectivity index (χ0) is 15.7. The van der Waals surface area contributed by atoms with Crippen molar-refractivity contribution in [3.63, 3.8) is 0 Å². The Balaban J connectivity index is 2.30. The van der Waals surface area contributed by atoms with E-state index in [2.05, 4.69) is 24.3 Å². The van der Waals surface area contributed by atoms with Crippen molar-refractivity contribution in [2.45, 2.75) is 39.3 Å². The predicted molar refractivity (Wildman–Crippen MR) is 76.9 cm³/mol. The van der Waals surface area contributed by atoms with E-state index in [1.807, 2.05) is 4.90 Å². The number of rotatable bonds is 2. The van der Waals surface area contributed by atoms with E-state index in [-0.39, 0.29) is 11.2 Å². The molecule has 2 rings (SSSR count). The molecule has 1 aliphatic heterocycles. The minimum Gasteiger partial charge on any atom is -0.357 e. The fourth-order valence-electron chi connectivity index (χ4n) is 2.57. The average Bonchev–Trinajstić information content (AvgIpc) is 2.58. The van der Waals surface area contributed by atoms with Crippen molar-refractivity contribution in [1.29, 1.82) is 0 Å². The molecule has 0 atom stereocenters. The van der Waals surface area contributed by atoms with E-state index in [1.54, 1.807) is 0 Å². The number of hydrogen-bond acceptors (Lipinski definition) is 4. The smallest absolute Gasteiger partial charge is 0.357 e. The summed E-state index contributed by atoms with van der Waals surface area (Å²) in [6.45, 7) is 5.78. The van der Waals surface area contributed by atoms with Gasteiger partial charge in [-0.25, -0.2) is 10.8 Å². The van der Waals surface area contributed by atoms with Crippen LogP contribution in [0.15, 0.2) is 12.1 Å². The normalized spacial score (nSPS) is 19.2. The quantitative estimate of drug-likeness (QED) is 0.649. The Hall–Kier alpha value is -1.50. The molecule has 0 amide bonds. The minimum atomic E-state index is -4.41. The van der Waals surface area contributed by atoms with Gasteiger partial charge in [0.25, 0.3) is 0 Å². The second-order valence-corrected chi connectivity index (χ2v) is 6.25. The second-order valence-electron chi connectivity index (χ2n) is 6.25. The molecule has 0 aromatic carbocycles. The Labute approximate surface area is 122 Å². The largest absolute Gasteiger partial charge is 0.416 e. The number of alkyl halides is 3. The molecule has 1 aromatic heterocycles. The second kappa shape index (κ2) is 5.71. The van der Waals surface area contributed by atoms with Gasteiger partial charge in [0.15, 0.2) is 0 Å². The highest BCUT2D eigenvalue weighted by molar-refractivity contribution is 5.51. The van der Waals surface area contributed by atoms with Gasteiger partial charge in [-0.05, 0) is 36.8 Å². The minimum absolute atomic E-state index is 0.0309. The summed E-state index contributed by atoms with van der Waals surface area (Å²) in [6.07, 6.45) is -1.48. The maximum absolute atomic E-state index is 12.9. The van der Waals surface area contributed by atoms with Crippen molar-refractivity contribution >= 4 is 11.6 Å². The van der Waals surface area contributed by atoms with Gasteiger partial charge in [0.05, 0.1) is 5.56 Å². The van der Waals surface area contributed by atoms with Crippen molar-refractivity contribution in [3.8, 4) is 0 Å². The van der Waals surface area contributed by atoms with Crippen LogP contribution >= 0.6 is 0 Å². The van der Waals surface area contributed by atoms with Gasteiger partial charge < -0.3 is 10.3 Å². The van der Waals surface area contributed by atoms with Crippen LogP contribution in [0.2, 0.25) is 0 Å². The third-order valence-corrected chi connectivity index (χ3v) is 3.95. The van der Waals surface area contributed by atoms with Crippen molar-refractivity contribution in [2.75, 3.05) is 23.4 Å². The maximum atomic E-state index is 12.9. The van der Waals surface area contributed by atoms with Crippen LogP contribution in [0.5, 0.6) is 0 Å². The molecule has 4 nitrogen and oxygen atoms in total. The molecule has 3 N–H and O–H groups in total. The molecule has 1 saturated heterocycles. The Bertz CT molecular complexity index is 499. The molecule has 0 spiro atoms. The Morgan fingerprint density at radius 3 is 2.57 bits per heavy atom. The molecule has 0 radical (unpaired) electrons. The number of nitrogens with zero attached hydrogens (tertiary/aromatic N) is 2. The van der Waals surface area contributed by atoms with Crippen LogP contribution in [0.25, 0.3) is 0 Å². The fourth-order valence-corrected chi connectivity index (χ4v) is 2.57. The summed E-state index contributed by atoms with van der Waals surface area (Å²) >= 11 is 0. The van der Waals surface area contributed by atoms with Crippen molar-refractivity contribution in [3.05, 3.63) is 17.7 Å². The first-order valence-corrected chi connectivity index (χ1v) is 7.02. The fraction of sp³-hybridized carbons (Fsp3) is 0.643. The first-order chi connectivity index (χ1) is 9.71. The summed E-state index contributed by atoms with van der Waals surface area (Å²) in [4.78, 5) is 6.08. The number of nitrogens with two attached hydrogens (primary N) is 1. The highest BCUT2D eigenvalue weighted by atomic mass is 19.4. The van der Waals surface area contributed by atoms with Gasteiger partial charge in [-0.15, -0.1) is 0 Å². The molecule has 1 aromatic rings. The van der Waals surface area contributed by atoms with E-state index in [4.69, 9.17) is 5.84 Å². The van der Waals surface area contributed by atoms with Crippen LogP contribution in [0.3, 0.4) is 0 Å². The van der Waals surface area contributed by atoms with Crippen LogP contribution in [-0.4, -0.2) is 18.1 Å². The van der Waals surface area contributed by atoms with E-state index in [9.17, 15) is 13.2 Å².